The van der Waals surface area contributed by atoms with Crippen LogP contribution in [-0.4, -0.2) is 64.4 Å². The quantitative estimate of drug-likeness (QED) is 0.251. The minimum absolute atomic E-state index is 0.0452. The Morgan fingerprint density at radius 2 is 2.03 bits per heavy atom. The van der Waals surface area contributed by atoms with Crippen LogP contribution in [0.2, 0.25) is 0 Å². The van der Waals surface area contributed by atoms with E-state index in [0.717, 1.165) is 6.08 Å². The summed E-state index contributed by atoms with van der Waals surface area (Å²) in [6.45, 7) is 8.58. The molecule has 2 unspecified atom stereocenters. The smallest absolute Gasteiger partial charge is 0.459 e. The van der Waals surface area contributed by atoms with E-state index >= 15 is 4.39 Å². The fourth-order valence-corrected chi connectivity index (χ4v) is 5.16. The van der Waals surface area contributed by atoms with Crippen LogP contribution in [0.3, 0.4) is 0 Å². The number of aliphatic hydroxyl groups excluding tert-OH is 1. The van der Waals surface area contributed by atoms with E-state index in [1.165, 1.54) is 37.1 Å². The first-order chi connectivity index (χ1) is 17.2. The van der Waals surface area contributed by atoms with Crippen molar-refractivity contribution in [2.24, 2.45) is 5.73 Å². The molecule has 6 atom stereocenters. The number of amides is 1. The average Bonchev–Trinajstić information content (AvgIpc) is 2.98. The molecule has 14 heteroatoms. The van der Waals surface area contributed by atoms with E-state index in [4.69, 9.17) is 24.3 Å². The van der Waals surface area contributed by atoms with Gasteiger partial charge in [-0.25, -0.2) is 8.96 Å². The summed E-state index contributed by atoms with van der Waals surface area (Å²) in [5, 5.41) is 15.6. The van der Waals surface area contributed by atoms with Crippen molar-refractivity contribution in [2.75, 3.05) is 6.61 Å². The van der Waals surface area contributed by atoms with E-state index in [9.17, 15) is 19.3 Å². The highest BCUT2D eigenvalue weighted by Gasteiger charge is 2.63. The Bertz CT molecular complexity index is 1100. The van der Waals surface area contributed by atoms with Crippen LogP contribution in [-0.2, 0) is 28.2 Å². The highest BCUT2D eigenvalue weighted by molar-refractivity contribution is 7.52. The van der Waals surface area contributed by atoms with Crippen molar-refractivity contribution in [2.45, 2.75) is 63.6 Å². The van der Waals surface area contributed by atoms with E-state index in [-0.39, 0.29) is 11.6 Å². The molecule has 1 saturated heterocycles. The zero-order chi connectivity index (χ0) is 27.6. The van der Waals surface area contributed by atoms with Crippen LogP contribution < -0.4 is 20.7 Å². The standard InChI is InChI=1S/C23H32FN4O8P/c1-14(2)34-19(30)15(3)27-37(32,36-17-9-7-6-8-10-17)33-13-23(24)20(31)22(5,25)21(35-23)28-12-11-18(29)26-16(28)4/h6-12,14-15,20-21,31H,4,13,25H2,1-3,5H3,(H,26,29)(H,27,32)/t15?,20-,21+,22+,23+,37?/m0/s1. The number of hydrogen-bond donors (Lipinski definition) is 4. The highest BCUT2D eigenvalue weighted by atomic mass is 31.2. The van der Waals surface area contributed by atoms with E-state index in [0.29, 0.717) is 0 Å². The maximum Gasteiger partial charge on any atom is 0.459 e. The molecule has 1 aromatic carbocycles. The van der Waals surface area contributed by atoms with Gasteiger partial charge in [-0.15, -0.1) is 0 Å². The average molecular weight is 543 g/mol. The molecular formula is C23H32FN4O8P. The second kappa shape index (κ2) is 10.9. The fourth-order valence-electron chi connectivity index (χ4n) is 3.66. The molecule has 0 radical (unpaired) electrons. The molecule has 2 aliphatic rings. The molecule has 37 heavy (non-hydrogen) atoms. The van der Waals surface area contributed by atoms with Crippen LogP contribution in [0.15, 0.2) is 55.0 Å². The zero-order valence-corrected chi connectivity index (χ0v) is 21.8. The van der Waals surface area contributed by atoms with Crippen molar-refractivity contribution in [3.63, 3.8) is 0 Å². The molecule has 0 aromatic heterocycles. The van der Waals surface area contributed by atoms with Gasteiger partial charge in [-0.3, -0.25) is 14.1 Å². The number of nitrogens with zero attached hydrogens (tertiary/aromatic N) is 1. The summed E-state index contributed by atoms with van der Waals surface area (Å²) in [4.78, 5) is 25.1. The van der Waals surface area contributed by atoms with Gasteiger partial charge in [-0.2, -0.15) is 5.09 Å². The minimum atomic E-state index is -4.46. The monoisotopic (exact) mass is 542 g/mol. The van der Waals surface area contributed by atoms with Gasteiger partial charge in [0.05, 0.1) is 11.6 Å². The molecule has 0 aliphatic carbocycles. The van der Waals surface area contributed by atoms with E-state index in [1.807, 2.05) is 0 Å². The molecule has 0 saturated carbocycles. The number of hydrogen-bond acceptors (Lipinski definition) is 10. The van der Waals surface area contributed by atoms with Crippen LogP contribution in [0.4, 0.5) is 4.39 Å². The summed E-state index contributed by atoms with van der Waals surface area (Å²) < 4.78 is 51.1. The van der Waals surface area contributed by atoms with Gasteiger partial charge in [0, 0.05) is 12.3 Å². The van der Waals surface area contributed by atoms with Gasteiger partial charge in [0.2, 0.25) is 0 Å². The Morgan fingerprint density at radius 1 is 1.38 bits per heavy atom. The maximum atomic E-state index is 16.0. The first-order valence-electron chi connectivity index (χ1n) is 11.4. The summed E-state index contributed by atoms with van der Waals surface area (Å²) >= 11 is 0. The number of nitrogens with one attached hydrogen (secondary N) is 2. The second-order valence-electron chi connectivity index (χ2n) is 9.20. The molecule has 1 amide bonds. The Morgan fingerprint density at radius 3 is 2.62 bits per heavy atom. The Hall–Kier alpha value is -2.80. The van der Waals surface area contributed by atoms with Gasteiger partial charge in [0.1, 0.15) is 30.3 Å². The molecular weight excluding hydrogens is 510 g/mol. The summed E-state index contributed by atoms with van der Waals surface area (Å²) in [5.74, 6) is -4.01. The fraction of sp³-hybridized carbons (Fsp3) is 0.478. The third-order valence-corrected chi connectivity index (χ3v) is 7.14. The van der Waals surface area contributed by atoms with Gasteiger partial charge in [-0.1, -0.05) is 24.8 Å². The third kappa shape index (κ3) is 6.56. The molecule has 12 nitrogen and oxygen atoms in total. The predicted molar refractivity (Wildman–Crippen MR) is 130 cm³/mol. The molecule has 204 valence electrons. The minimum Gasteiger partial charge on any atom is -0.462 e. The zero-order valence-electron chi connectivity index (χ0n) is 20.9. The molecule has 1 fully saturated rings. The van der Waals surface area contributed by atoms with Gasteiger partial charge >= 0.3 is 13.7 Å². The molecule has 1 aromatic rings. The molecule has 5 N–H and O–H groups in total. The molecule has 0 bridgehead atoms. The maximum absolute atomic E-state index is 16.0. The van der Waals surface area contributed by atoms with Gasteiger partial charge in [0.25, 0.3) is 11.8 Å². The summed E-state index contributed by atoms with van der Waals surface area (Å²) in [6, 6.07) is 6.71. The number of rotatable bonds is 10. The molecule has 2 heterocycles. The van der Waals surface area contributed by atoms with Gasteiger partial charge in [0.15, 0.2) is 6.23 Å². The molecule has 3 rings (SSSR count). The lowest BCUT2D eigenvalue weighted by atomic mass is 9.92. The Labute approximate surface area is 214 Å². The van der Waals surface area contributed by atoms with Crippen molar-refractivity contribution >= 4 is 19.6 Å². The van der Waals surface area contributed by atoms with Crippen molar-refractivity contribution in [3.05, 3.63) is 55.0 Å². The van der Waals surface area contributed by atoms with Crippen molar-refractivity contribution in [1.29, 1.82) is 0 Å². The number of carbonyl (C=O) groups excluding carboxylic acids is 2. The SMILES string of the molecule is C=C1NC(=O)C=CN1[C@@H]1O[C@](F)(COP(=O)(NC(C)C(=O)OC(C)C)Oc2ccccc2)[C@@H](O)[C@@]1(C)N. The van der Waals surface area contributed by atoms with Crippen LogP contribution >= 0.6 is 7.75 Å². The highest BCUT2D eigenvalue weighted by Crippen LogP contribution is 2.48. The van der Waals surface area contributed by atoms with Crippen LogP contribution in [0.5, 0.6) is 5.75 Å². The summed E-state index contributed by atoms with van der Waals surface area (Å²) in [7, 11) is -4.46. The number of nitrogens with two attached hydrogens (primary N) is 1. The number of carbonyl (C=O) groups is 2. The van der Waals surface area contributed by atoms with Crippen LogP contribution in [0.25, 0.3) is 0 Å². The summed E-state index contributed by atoms with van der Waals surface area (Å²) in [5.41, 5.74) is 4.48. The summed E-state index contributed by atoms with van der Waals surface area (Å²) in [6.07, 6.45) is -1.31. The molecule has 0 spiro atoms. The van der Waals surface area contributed by atoms with Crippen LogP contribution in [0, 0.1) is 0 Å². The van der Waals surface area contributed by atoms with Gasteiger partial charge in [-0.05, 0) is 39.8 Å². The predicted octanol–water partition coefficient (Wildman–Crippen LogP) is 1.64. The van der Waals surface area contributed by atoms with Crippen molar-refractivity contribution in [3.8, 4) is 5.75 Å². The number of aliphatic hydroxyl groups is 1. The molecule has 2 aliphatic heterocycles. The topological polar surface area (TPSA) is 162 Å². The normalized spacial score (nSPS) is 30.1. The lowest BCUT2D eigenvalue weighted by Crippen LogP contribution is -2.60. The largest absolute Gasteiger partial charge is 0.462 e. The first-order valence-corrected chi connectivity index (χ1v) is 13.0. The third-order valence-electron chi connectivity index (χ3n) is 5.51. The first kappa shape index (κ1) is 28.8. The van der Waals surface area contributed by atoms with E-state index in [2.05, 4.69) is 17.0 Å². The lowest BCUT2D eigenvalue weighted by Gasteiger charge is -2.37. The van der Waals surface area contributed by atoms with E-state index in [1.54, 1.807) is 32.0 Å². The van der Waals surface area contributed by atoms with Gasteiger partial charge < -0.3 is 35.1 Å². The number of para-hydroxylation sites is 1. The van der Waals surface area contributed by atoms with Crippen molar-refractivity contribution in [1.82, 2.24) is 15.3 Å². The Kier molecular flexibility index (Phi) is 8.47. The van der Waals surface area contributed by atoms with Crippen LogP contribution in [0.1, 0.15) is 27.7 Å². The number of ether oxygens (including phenoxy) is 2. The second-order valence-corrected chi connectivity index (χ2v) is 10.9. The Balaban J connectivity index is 1.82. The number of halogens is 1. The van der Waals surface area contributed by atoms with E-state index < -0.39 is 62.1 Å². The number of esters is 1. The number of benzene rings is 1. The number of alkyl halides is 1. The lowest BCUT2D eigenvalue weighted by molar-refractivity contribution is -0.206. The van der Waals surface area contributed by atoms with Crippen molar-refractivity contribution < 1.29 is 42.2 Å².